The molecule has 344 valence electrons. The lowest BCUT2D eigenvalue weighted by Gasteiger charge is -2.43. The Labute approximate surface area is 388 Å². The van der Waals surface area contributed by atoms with E-state index in [-0.39, 0.29) is 30.1 Å². The van der Waals surface area contributed by atoms with Crippen molar-refractivity contribution >= 4 is 46.1 Å². The van der Waals surface area contributed by atoms with E-state index in [2.05, 4.69) is 89.1 Å². The molecule has 2 aromatic heterocycles. The number of nitrogens with one attached hydrogen (secondary N) is 3. The zero-order valence-corrected chi connectivity index (χ0v) is 38.2. The maximum absolute atomic E-state index is 13.3. The summed E-state index contributed by atoms with van der Waals surface area (Å²) < 4.78 is 5.21. The molecule has 10 rings (SSSR count). The normalized spacial score (nSPS) is 18.8. The van der Waals surface area contributed by atoms with Crippen LogP contribution in [0, 0.1) is 6.92 Å². The second-order valence-corrected chi connectivity index (χ2v) is 19.2. The average molecular weight is 903 g/mol. The summed E-state index contributed by atoms with van der Waals surface area (Å²) in [5.74, 6) is -1.90. The van der Waals surface area contributed by atoms with Gasteiger partial charge in [0.2, 0.25) is 11.8 Å². The topological polar surface area (TPSA) is 190 Å². The number of piperazine rings is 1. The molecule has 4 aromatic carbocycles. The van der Waals surface area contributed by atoms with Crippen LogP contribution in [-0.2, 0) is 28.1 Å². The number of aromatic nitrogens is 4. The number of carbonyl (C=O) groups excluding carboxylic acids is 5. The molecule has 0 aliphatic carbocycles. The number of nitrogens with zero attached hydrogens (tertiary/aromatic N) is 7. The van der Waals surface area contributed by atoms with Crippen molar-refractivity contribution in [2.24, 2.45) is 0 Å². The number of aryl methyl sites for hydroxylation is 1. The first-order valence-electron chi connectivity index (χ1n) is 23.1. The highest BCUT2D eigenvalue weighted by atomic mass is 16.5. The monoisotopic (exact) mass is 902 g/mol. The number of amides is 5. The minimum Gasteiger partial charge on any atom is -0.369 e. The highest BCUT2D eigenvalue weighted by Crippen LogP contribution is 2.34. The van der Waals surface area contributed by atoms with Crippen LogP contribution < -0.4 is 15.5 Å². The largest absolute Gasteiger partial charge is 0.369 e. The lowest BCUT2D eigenvalue weighted by molar-refractivity contribution is -0.136. The van der Waals surface area contributed by atoms with E-state index in [9.17, 15) is 24.0 Å². The smallest absolute Gasteiger partial charge is 0.315 e. The van der Waals surface area contributed by atoms with E-state index < -0.39 is 29.7 Å². The number of hydrogen-bond acceptors (Lipinski definition) is 12. The lowest BCUT2D eigenvalue weighted by atomic mass is 9.96. The van der Waals surface area contributed by atoms with Crippen LogP contribution in [0.15, 0.2) is 83.4 Å². The third kappa shape index (κ3) is 8.74. The molecule has 4 aliphatic heterocycles. The van der Waals surface area contributed by atoms with Crippen LogP contribution >= 0.6 is 0 Å². The molecule has 5 amide bonds. The molecule has 3 N–H and O–H groups in total. The Morgan fingerprint density at radius 3 is 2.25 bits per heavy atom. The second kappa shape index (κ2) is 17.6. The van der Waals surface area contributed by atoms with Gasteiger partial charge in [0.25, 0.3) is 11.8 Å². The molecule has 4 aliphatic rings. The average Bonchev–Trinajstić information content (AvgIpc) is 4.06. The van der Waals surface area contributed by atoms with Crippen molar-refractivity contribution in [3.05, 3.63) is 118 Å². The molecule has 16 nitrogen and oxygen atoms in total. The van der Waals surface area contributed by atoms with Crippen molar-refractivity contribution in [1.29, 1.82) is 0 Å². The summed E-state index contributed by atoms with van der Waals surface area (Å²) in [7, 11) is 0. The van der Waals surface area contributed by atoms with Gasteiger partial charge in [-0.25, -0.2) is 0 Å². The number of aromatic amines is 1. The molecule has 67 heavy (non-hydrogen) atoms. The fourth-order valence-electron chi connectivity index (χ4n) is 9.85. The second-order valence-electron chi connectivity index (χ2n) is 19.2. The fraction of sp³-hybridized carbons (Fsp3) is 0.373. The fourth-order valence-corrected chi connectivity index (χ4v) is 9.85. The molecule has 1 atom stereocenters. The first-order valence-corrected chi connectivity index (χ1v) is 23.1. The third-order valence-electron chi connectivity index (χ3n) is 13.8. The Morgan fingerprint density at radius 2 is 1.54 bits per heavy atom. The first kappa shape index (κ1) is 43.8. The number of anilines is 1. The van der Waals surface area contributed by atoms with E-state index in [1.165, 1.54) is 5.69 Å². The number of likely N-dealkylation sites (tertiary alicyclic amines) is 1. The standard InChI is InChI=1S/C51H54N10O6/c1-30-25-34(6-7-35(30)28-52-46(64)47-54-50(57-67-47)51(2,3)4)44-40-27-33(10-14-41(40)55-56-44)32-8-11-36(12-9-32)59-21-23-60(24-22-59)37-17-19-58(20-18-37)29-31-5-13-38-39(26-31)49(66)61(48(38)65)42-15-16-43(62)53-45(42)63/h5-14,25-27,37,42H,15-24,28-29H2,1-4H3,(H,52,64)(H,55,56)(H,53,62,63). The predicted molar refractivity (Wildman–Crippen MR) is 251 cm³/mol. The van der Waals surface area contributed by atoms with Crippen molar-refractivity contribution in [3.63, 3.8) is 0 Å². The van der Waals surface area contributed by atoms with Gasteiger partial charge in [-0.1, -0.05) is 62.3 Å². The number of H-pyrrole nitrogens is 1. The van der Waals surface area contributed by atoms with Crippen molar-refractivity contribution in [3.8, 4) is 22.4 Å². The highest BCUT2D eigenvalue weighted by molar-refractivity contribution is 6.23. The van der Waals surface area contributed by atoms with Crippen molar-refractivity contribution in [1.82, 2.24) is 45.7 Å². The summed E-state index contributed by atoms with van der Waals surface area (Å²) in [5, 5.41) is 18.1. The Kier molecular flexibility index (Phi) is 11.5. The summed E-state index contributed by atoms with van der Waals surface area (Å²) in [6, 6.07) is 26.4. The molecule has 6 heterocycles. The van der Waals surface area contributed by atoms with E-state index in [4.69, 9.17) is 9.62 Å². The van der Waals surface area contributed by atoms with Crippen LogP contribution in [0.2, 0.25) is 0 Å². The van der Waals surface area contributed by atoms with Gasteiger partial charge in [-0.3, -0.25) is 49.1 Å². The minimum absolute atomic E-state index is 0.0460. The van der Waals surface area contributed by atoms with Crippen LogP contribution in [0.3, 0.4) is 0 Å². The van der Waals surface area contributed by atoms with Crippen molar-refractivity contribution in [2.45, 2.75) is 84.0 Å². The SMILES string of the molecule is Cc1cc(-c2n[nH]c3ccc(-c4ccc(N5CCN(C6CCN(Cc7ccc8c(c7)C(=O)N(C7CCC(=O)NC7=O)C8=O)CC6)CC5)cc4)cc23)ccc1CNC(=O)c1nc(C(C)(C)C)no1. The maximum Gasteiger partial charge on any atom is 0.315 e. The molecule has 0 bridgehead atoms. The van der Waals surface area contributed by atoms with Gasteiger partial charge in [0.1, 0.15) is 6.04 Å². The summed E-state index contributed by atoms with van der Waals surface area (Å²) in [6.45, 7) is 14.8. The Bertz CT molecular complexity index is 2920. The van der Waals surface area contributed by atoms with Gasteiger partial charge in [0.05, 0.1) is 22.3 Å². The van der Waals surface area contributed by atoms with Crippen molar-refractivity contribution in [2.75, 3.05) is 44.2 Å². The first-order chi connectivity index (χ1) is 32.3. The Hall–Kier alpha value is -7.04. The van der Waals surface area contributed by atoms with Gasteiger partial charge < -0.3 is 14.7 Å². The van der Waals surface area contributed by atoms with Gasteiger partial charge >= 0.3 is 11.8 Å². The molecule has 0 spiro atoms. The number of fused-ring (bicyclic) bond motifs is 2. The van der Waals surface area contributed by atoms with Crippen LogP contribution in [0.1, 0.15) is 100 Å². The van der Waals surface area contributed by atoms with Crippen LogP contribution in [-0.4, -0.2) is 116 Å². The molecular weight excluding hydrogens is 849 g/mol. The van der Waals surface area contributed by atoms with Gasteiger partial charge in [0.15, 0.2) is 5.82 Å². The van der Waals surface area contributed by atoms with Gasteiger partial charge in [0, 0.05) is 73.8 Å². The highest BCUT2D eigenvalue weighted by Gasteiger charge is 2.44. The van der Waals surface area contributed by atoms with E-state index in [0.717, 1.165) is 107 Å². The third-order valence-corrected chi connectivity index (χ3v) is 13.8. The lowest BCUT2D eigenvalue weighted by Crippen LogP contribution is -2.54. The number of imide groups is 2. The molecule has 3 saturated heterocycles. The van der Waals surface area contributed by atoms with Crippen LogP contribution in [0.4, 0.5) is 5.69 Å². The Balaban J connectivity index is 0.710. The molecule has 16 heteroatoms. The van der Waals surface area contributed by atoms with Gasteiger partial charge in [-0.2, -0.15) is 10.1 Å². The number of benzene rings is 4. The van der Waals surface area contributed by atoms with E-state index in [0.29, 0.717) is 36.1 Å². The molecule has 0 saturated carbocycles. The van der Waals surface area contributed by atoms with E-state index in [1.807, 2.05) is 45.9 Å². The summed E-state index contributed by atoms with van der Waals surface area (Å²) in [5.41, 5.74) is 9.57. The summed E-state index contributed by atoms with van der Waals surface area (Å²) in [4.78, 5) is 76.2. The van der Waals surface area contributed by atoms with Gasteiger partial charge in [-0.05, 0) is 110 Å². The predicted octanol–water partition coefficient (Wildman–Crippen LogP) is 6.00. The zero-order chi connectivity index (χ0) is 46.6. The Morgan fingerprint density at radius 1 is 0.806 bits per heavy atom. The minimum atomic E-state index is -0.965. The van der Waals surface area contributed by atoms with Gasteiger partial charge in [-0.15, -0.1) is 0 Å². The molecular formula is C51H54N10O6. The number of carbonyl (C=O) groups is 5. The van der Waals surface area contributed by atoms with Crippen LogP contribution in [0.25, 0.3) is 33.3 Å². The summed E-state index contributed by atoms with van der Waals surface area (Å²) in [6.07, 6.45) is 2.37. The number of hydrogen-bond donors (Lipinski definition) is 3. The van der Waals surface area contributed by atoms with Crippen molar-refractivity contribution < 1.29 is 28.5 Å². The molecule has 6 aromatic rings. The van der Waals surface area contributed by atoms with E-state index >= 15 is 0 Å². The zero-order valence-electron chi connectivity index (χ0n) is 38.2. The molecule has 3 fully saturated rings. The quantitative estimate of drug-likeness (QED) is 0.136. The van der Waals surface area contributed by atoms with Crippen LogP contribution in [0.5, 0.6) is 0 Å². The number of rotatable bonds is 10. The summed E-state index contributed by atoms with van der Waals surface area (Å²) >= 11 is 0. The number of piperidine rings is 2. The molecule has 0 radical (unpaired) electrons. The van der Waals surface area contributed by atoms with E-state index in [1.54, 1.807) is 12.1 Å². The molecule has 1 unspecified atom stereocenters. The maximum atomic E-state index is 13.3.